The second-order valence-electron chi connectivity index (χ2n) is 5.37. The zero-order chi connectivity index (χ0) is 15.2. The molecule has 0 heterocycles. The average molecular weight is 279 g/mol. The predicted molar refractivity (Wildman–Crippen MR) is 75.8 cm³/mol. The first-order chi connectivity index (χ1) is 9.35. The Labute approximate surface area is 119 Å². The van der Waals surface area contributed by atoms with E-state index in [4.69, 9.17) is 9.47 Å². The second kappa shape index (κ2) is 6.93. The molecular formula is C15H21NO4. The minimum absolute atomic E-state index is 0.186. The van der Waals surface area contributed by atoms with E-state index < -0.39 is 17.7 Å². The Morgan fingerprint density at radius 3 is 2.35 bits per heavy atom. The Kier molecular flexibility index (Phi) is 5.55. The summed E-state index contributed by atoms with van der Waals surface area (Å²) in [5, 5.41) is 2.70. The van der Waals surface area contributed by atoms with Crippen LogP contribution in [0.4, 0.5) is 4.79 Å². The fraction of sp³-hybridized carbons (Fsp3) is 0.467. The normalized spacial score (nSPS) is 12.4. The number of alkyl carbamates (subject to hydrolysis) is 1. The molecule has 1 aromatic carbocycles. The van der Waals surface area contributed by atoms with E-state index in [1.54, 1.807) is 40.0 Å². The number of hydrogen-bond acceptors (Lipinski definition) is 4. The van der Waals surface area contributed by atoms with Crippen LogP contribution in [0.5, 0.6) is 5.75 Å². The predicted octanol–water partition coefficient (Wildman–Crippen LogP) is 2.85. The van der Waals surface area contributed by atoms with E-state index in [1.165, 1.54) is 0 Å². The van der Waals surface area contributed by atoms with Crippen molar-refractivity contribution >= 4 is 12.4 Å². The minimum atomic E-state index is -0.574. The van der Waals surface area contributed by atoms with Gasteiger partial charge in [-0.25, -0.2) is 4.79 Å². The molecule has 0 aliphatic carbocycles. The fourth-order valence-electron chi connectivity index (χ4n) is 1.66. The van der Waals surface area contributed by atoms with E-state index in [0.717, 1.165) is 17.6 Å². The van der Waals surface area contributed by atoms with Gasteiger partial charge in [0.15, 0.2) is 0 Å². The van der Waals surface area contributed by atoms with E-state index in [0.29, 0.717) is 0 Å². The summed E-state index contributed by atoms with van der Waals surface area (Å²) in [4.78, 5) is 22.5. The first-order valence-electron chi connectivity index (χ1n) is 6.43. The summed E-state index contributed by atoms with van der Waals surface area (Å²) in [6.07, 6.45) is 0.415. The quantitative estimate of drug-likeness (QED) is 0.842. The summed E-state index contributed by atoms with van der Waals surface area (Å²) in [6, 6.07) is 6.77. The summed E-state index contributed by atoms with van der Waals surface area (Å²) in [6.45, 7) is 5.36. The van der Waals surface area contributed by atoms with Crippen molar-refractivity contribution in [1.82, 2.24) is 5.32 Å². The Morgan fingerprint density at radius 2 is 1.90 bits per heavy atom. The summed E-state index contributed by atoms with van der Waals surface area (Å²) in [5.74, 6) is 0.718. The molecule has 1 aromatic rings. The van der Waals surface area contributed by atoms with Crippen LogP contribution in [0.1, 0.15) is 38.8 Å². The van der Waals surface area contributed by atoms with Gasteiger partial charge >= 0.3 is 6.09 Å². The fourth-order valence-corrected chi connectivity index (χ4v) is 1.66. The standard InChI is InChI=1S/C15H21NO4/c1-15(2,3)20-14(18)16-13(9-10-17)11-5-7-12(19-4)8-6-11/h5-8,10,13H,9H2,1-4H3,(H,16,18)/t13-/m0/s1. The molecule has 0 unspecified atom stereocenters. The lowest BCUT2D eigenvalue weighted by molar-refractivity contribution is -0.108. The van der Waals surface area contributed by atoms with Gasteiger partial charge in [-0.15, -0.1) is 0 Å². The lowest BCUT2D eigenvalue weighted by Crippen LogP contribution is -2.35. The molecule has 0 spiro atoms. The van der Waals surface area contributed by atoms with Crippen molar-refractivity contribution in [3.8, 4) is 5.75 Å². The molecule has 5 nitrogen and oxygen atoms in total. The van der Waals surface area contributed by atoms with Gasteiger partial charge in [-0.05, 0) is 38.5 Å². The van der Waals surface area contributed by atoms with E-state index in [2.05, 4.69) is 5.32 Å². The summed E-state index contributed by atoms with van der Waals surface area (Å²) < 4.78 is 10.3. The zero-order valence-electron chi connectivity index (χ0n) is 12.3. The highest BCUT2D eigenvalue weighted by Crippen LogP contribution is 2.20. The van der Waals surface area contributed by atoms with Crippen molar-refractivity contribution < 1.29 is 19.1 Å². The molecule has 1 amide bonds. The molecule has 110 valence electrons. The zero-order valence-corrected chi connectivity index (χ0v) is 12.3. The number of carbonyl (C=O) groups is 2. The maximum absolute atomic E-state index is 11.8. The summed E-state index contributed by atoms with van der Waals surface area (Å²) in [5.41, 5.74) is 0.249. The third-order valence-electron chi connectivity index (χ3n) is 2.54. The van der Waals surface area contributed by atoms with Crippen LogP contribution in [-0.4, -0.2) is 25.1 Å². The number of carbonyl (C=O) groups excluding carboxylic acids is 2. The Bertz CT molecular complexity index is 448. The van der Waals surface area contributed by atoms with Gasteiger partial charge in [0, 0.05) is 6.42 Å². The van der Waals surface area contributed by atoms with Crippen molar-refractivity contribution in [3.63, 3.8) is 0 Å². The maximum Gasteiger partial charge on any atom is 0.408 e. The number of nitrogens with one attached hydrogen (secondary N) is 1. The number of hydrogen-bond donors (Lipinski definition) is 1. The topological polar surface area (TPSA) is 64.6 Å². The Balaban J connectivity index is 2.77. The number of ether oxygens (including phenoxy) is 2. The van der Waals surface area contributed by atoms with Crippen molar-refractivity contribution in [2.75, 3.05) is 7.11 Å². The third-order valence-corrected chi connectivity index (χ3v) is 2.54. The van der Waals surface area contributed by atoms with Gasteiger partial charge in [-0.3, -0.25) is 0 Å². The molecule has 0 fully saturated rings. The molecule has 0 aliphatic rings. The van der Waals surface area contributed by atoms with E-state index in [-0.39, 0.29) is 6.42 Å². The van der Waals surface area contributed by atoms with E-state index in [9.17, 15) is 9.59 Å². The van der Waals surface area contributed by atoms with E-state index >= 15 is 0 Å². The van der Waals surface area contributed by atoms with Crippen molar-refractivity contribution in [2.24, 2.45) is 0 Å². The second-order valence-corrected chi connectivity index (χ2v) is 5.37. The molecule has 0 bridgehead atoms. The molecule has 20 heavy (non-hydrogen) atoms. The molecule has 1 atom stereocenters. The highest BCUT2D eigenvalue weighted by atomic mass is 16.6. The van der Waals surface area contributed by atoms with Crippen LogP contribution in [0.3, 0.4) is 0 Å². The third kappa shape index (κ3) is 5.30. The van der Waals surface area contributed by atoms with Gasteiger partial charge < -0.3 is 19.6 Å². The SMILES string of the molecule is COc1ccc([C@H](CC=O)NC(=O)OC(C)(C)C)cc1. The number of amides is 1. The van der Waals surface area contributed by atoms with Gasteiger partial charge in [0.05, 0.1) is 13.2 Å². The van der Waals surface area contributed by atoms with Crippen LogP contribution in [0, 0.1) is 0 Å². The monoisotopic (exact) mass is 279 g/mol. The van der Waals surface area contributed by atoms with E-state index in [1.807, 2.05) is 12.1 Å². The smallest absolute Gasteiger partial charge is 0.408 e. The molecule has 5 heteroatoms. The maximum atomic E-state index is 11.8. The van der Waals surface area contributed by atoms with Crippen LogP contribution in [0.25, 0.3) is 0 Å². The van der Waals surface area contributed by atoms with Crippen LogP contribution < -0.4 is 10.1 Å². The number of rotatable bonds is 5. The van der Waals surface area contributed by atoms with Crippen LogP contribution in [-0.2, 0) is 9.53 Å². The first-order valence-corrected chi connectivity index (χ1v) is 6.43. The molecule has 1 rings (SSSR count). The first kappa shape index (κ1) is 16.0. The van der Waals surface area contributed by atoms with Gasteiger partial charge in [0.25, 0.3) is 0 Å². The molecule has 0 radical (unpaired) electrons. The molecule has 1 N–H and O–H groups in total. The van der Waals surface area contributed by atoms with Crippen molar-refractivity contribution in [3.05, 3.63) is 29.8 Å². The van der Waals surface area contributed by atoms with Crippen molar-refractivity contribution in [2.45, 2.75) is 38.8 Å². The van der Waals surface area contributed by atoms with Gasteiger partial charge in [0.1, 0.15) is 17.6 Å². The van der Waals surface area contributed by atoms with Crippen molar-refractivity contribution in [1.29, 1.82) is 0 Å². The number of aldehydes is 1. The molecule has 0 saturated carbocycles. The van der Waals surface area contributed by atoms with Gasteiger partial charge in [0.2, 0.25) is 0 Å². The highest BCUT2D eigenvalue weighted by Gasteiger charge is 2.20. The Hall–Kier alpha value is -2.04. The summed E-state index contributed by atoms with van der Waals surface area (Å²) >= 11 is 0. The highest BCUT2D eigenvalue weighted by molar-refractivity contribution is 5.69. The van der Waals surface area contributed by atoms with Crippen LogP contribution in [0.2, 0.25) is 0 Å². The lowest BCUT2D eigenvalue weighted by atomic mass is 10.0. The Morgan fingerprint density at radius 1 is 1.30 bits per heavy atom. The number of methoxy groups -OCH3 is 1. The van der Waals surface area contributed by atoms with Gasteiger partial charge in [-0.1, -0.05) is 12.1 Å². The van der Waals surface area contributed by atoms with Crippen LogP contribution >= 0.6 is 0 Å². The molecular weight excluding hydrogens is 258 g/mol. The van der Waals surface area contributed by atoms with Gasteiger partial charge in [-0.2, -0.15) is 0 Å². The average Bonchev–Trinajstić information content (AvgIpc) is 2.36. The molecule has 0 aliphatic heterocycles. The largest absolute Gasteiger partial charge is 0.497 e. The molecule has 0 saturated heterocycles. The van der Waals surface area contributed by atoms with Crippen LogP contribution in [0.15, 0.2) is 24.3 Å². The lowest BCUT2D eigenvalue weighted by Gasteiger charge is -2.23. The number of benzene rings is 1. The minimum Gasteiger partial charge on any atom is -0.497 e. The summed E-state index contributed by atoms with van der Waals surface area (Å²) in [7, 11) is 1.58. The molecule has 0 aromatic heterocycles.